The lowest BCUT2D eigenvalue weighted by Gasteiger charge is -2.30. The number of carboxylic acids is 1. The van der Waals surface area contributed by atoms with Gasteiger partial charge in [0, 0.05) is 19.5 Å². The second-order valence-electron chi connectivity index (χ2n) is 14.7. The number of nitrogens with one attached hydrogen (secondary N) is 3. The first-order chi connectivity index (χ1) is 25.8. The van der Waals surface area contributed by atoms with Crippen LogP contribution in [0.2, 0.25) is 0 Å². The Kier molecular flexibility index (Phi) is 13.7. The van der Waals surface area contributed by atoms with E-state index >= 15 is 0 Å². The van der Waals surface area contributed by atoms with Crippen LogP contribution in [0.4, 0.5) is 4.79 Å². The Morgan fingerprint density at radius 2 is 1.69 bits per heavy atom. The van der Waals surface area contributed by atoms with Gasteiger partial charge in [0.1, 0.15) is 29.5 Å². The molecule has 298 valence electrons. The van der Waals surface area contributed by atoms with E-state index in [1.165, 1.54) is 12.0 Å². The Morgan fingerprint density at radius 3 is 2.35 bits per heavy atom. The molecule has 0 aromatic heterocycles. The van der Waals surface area contributed by atoms with Crippen LogP contribution in [-0.4, -0.2) is 92.2 Å². The van der Waals surface area contributed by atoms with Crippen LogP contribution >= 0.6 is 0 Å². The largest absolute Gasteiger partial charge is 0.496 e. The number of nitrogens with two attached hydrogens (primary N) is 1. The van der Waals surface area contributed by atoms with Gasteiger partial charge >= 0.3 is 12.1 Å². The molecule has 3 amide bonds. The number of carbonyl (C=O) groups excluding carboxylic acids is 3. The number of carboxylic acid groups (broad SMARTS) is 1. The van der Waals surface area contributed by atoms with Gasteiger partial charge in [0.05, 0.1) is 12.0 Å². The van der Waals surface area contributed by atoms with E-state index in [1.807, 2.05) is 42.5 Å². The van der Waals surface area contributed by atoms with Crippen molar-refractivity contribution in [3.63, 3.8) is 0 Å². The number of carbonyl (C=O) groups is 4. The van der Waals surface area contributed by atoms with Crippen LogP contribution in [0.5, 0.6) is 5.75 Å². The lowest BCUT2D eigenvalue weighted by Crippen LogP contribution is -2.56. The van der Waals surface area contributed by atoms with Crippen molar-refractivity contribution in [2.45, 2.75) is 102 Å². The molecule has 16 heteroatoms. The average Bonchev–Trinajstić information content (AvgIpc) is 3.59. The van der Waals surface area contributed by atoms with Crippen molar-refractivity contribution in [2.75, 3.05) is 20.2 Å². The summed E-state index contributed by atoms with van der Waals surface area (Å²) in [5.74, 6) is -2.24. The summed E-state index contributed by atoms with van der Waals surface area (Å²) in [7, 11) is -2.59. The molecule has 1 saturated heterocycles. The van der Waals surface area contributed by atoms with Crippen molar-refractivity contribution in [2.24, 2.45) is 10.7 Å². The zero-order chi connectivity index (χ0) is 40.7. The molecule has 3 aromatic rings. The third-order valence-corrected chi connectivity index (χ3v) is 11.0. The number of aliphatic imine (C=N–C) groups is 1. The molecular formula is C39H52N6O9S. The molecule has 0 bridgehead atoms. The van der Waals surface area contributed by atoms with Gasteiger partial charge in [0.15, 0.2) is 0 Å². The lowest BCUT2D eigenvalue weighted by molar-refractivity contribution is -0.144. The molecule has 1 fully saturated rings. The van der Waals surface area contributed by atoms with Crippen LogP contribution in [0.15, 0.2) is 58.4 Å². The van der Waals surface area contributed by atoms with Crippen molar-refractivity contribution < 1.29 is 42.2 Å². The number of guanidine groups is 1. The van der Waals surface area contributed by atoms with Gasteiger partial charge in [-0.2, -0.15) is 0 Å². The fourth-order valence-corrected chi connectivity index (χ4v) is 8.12. The molecule has 1 unspecified atom stereocenters. The Hall–Kier alpha value is -5.38. The van der Waals surface area contributed by atoms with Gasteiger partial charge < -0.3 is 35.8 Å². The minimum Gasteiger partial charge on any atom is -0.496 e. The van der Waals surface area contributed by atoms with E-state index in [-0.39, 0.29) is 43.2 Å². The predicted molar refractivity (Wildman–Crippen MR) is 208 cm³/mol. The lowest BCUT2D eigenvalue weighted by atomic mass is 10.0. The fourth-order valence-electron chi connectivity index (χ4n) is 6.64. The molecule has 1 aliphatic rings. The number of methoxy groups -OCH3 is 1. The summed E-state index contributed by atoms with van der Waals surface area (Å²) in [5.41, 5.74) is 7.50. The van der Waals surface area contributed by atoms with Crippen molar-refractivity contribution in [1.29, 1.82) is 0 Å². The van der Waals surface area contributed by atoms with Gasteiger partial charge in [0.2, 0.25) is 17.8 Å². The maximum absolute atomic E-state index is 14.1. The molecule has 0 aliphatic carbocycles. The number of nitrogens with zero attached hydrogens (tertiary/aromatic N) is 2. The van der Waals surface area contributed by atoms with Crippen molar-refractivity contribution >= 4 is 50.6 Å². The maximum Gasteiger partial charge on any atom is 0.408 e. The highest BCUT2D eigenvalue weighted by Gasteiger charge is 2.39. The van der Waals surface area contributed by atoms with Crippen LogP contribution in [0.25, 0.3) is 10.8 Å². The number of aliphatic carboxylic acids is 1. The molecule has 4 rings (SSSR count). The van der Waals surface area contributed by atoms with Crippen molar-refractivity contribution in [3.8, 4) is 5.75 Å². The maximum atomic E-state index is 14.1. The molecule has 6 N–H and O–H groups in total. The highest BCUT2D eigenvalue weighted by atomic mass is 32.2. The first-order valence-corrected chi connectivity index (χ1v) is 19.6. The van der Waals surface area contributed by atoms with Gasteiger partial charge in [-0.1, -0.05) is 42.5 Å². The molecule has 1 heterocycles. The summed E-state index contributed by atoms with van der Waals surface area (Å²) in [6.07, 6.45) is 0.230. The quantitative estimate of drug-likeness (QED) is 0.0904. The van der Waals surface area contributed by atoms with Gasteiger partial charge in [-0.25, -0.2) is 22.7 Å². The Bertz CT molecular complexity index is 2060. The summed E-state index contributed by atoms with van der Waals surface area (Å²) < 4.78 is 39.4. The zero-order valence-electron chi connectivity index (χ0n) is 32.4. The molecule has 3 aromatic carbocycles. The predicted octanol–water partition coefficient (Wildman–Crippen LogP) is 3.84. The van der Waals surface area contributed by atoms with Gasteiger partial charge in [-0.3, -0.25) is 14.6 Å². The summed E-state index contributed by atoms with van der Waals surface area (Å²) >= 11 is 0. The Morgan fingerprint density at radius 1 is 1.00 bits per heavy atom. The van der Waals surface area contributed by atoms with Crippen LogP contribution in [0.1, 0.15) is 68.7 Å². The van der Waals surface area contributed by atoms with Crippen molar-refractivity contribution in [3.05, 3.63) is 70.8 Å². The van der Waals surface area contributed by atoms with Gasteiger partial charge in [-0.05, 0) is 106 Å². The summed E-state index contributed by atoms with van der Waals surface area (Å²) in [6, 6.07) is 11.8. The van der Waals surface area contributed by atoms with E-state index in [1.54, 1.807) is 47.6 Å². The number of hydrogen-bond acceptors (Lipinski definition) is 9. The molecule has 3 atom stereocenters. The first-order valence-electron chi connectivity index (χ1n) is 18.1. The van der Waals surface area contributed by atoms with Gasteiger partial charge in [-0.15, -0.1) is 0 Å². The zero-order valence-corrected chi connectivity index (χ0v) is 33.2. The summed E-state index contributed by atoms with van der Waals surface area (Å²) in [4.78, 5) is 58.2. The second-order valence-corrected chi connectivity index (χ2v) is 16.3. The second kappa shape index (κ2) is 17.8. The number of amides is 3. The molecule has 15 nitrogen and oxygen atoms in total. The molecule has 0 saturated carbocycles. The van der Waals surface area contributed by atoms with E-state index < -0.39 is 57.6 Å². The van der Waals surface area contributed by atoms with E-state index in [2.05, 4.69) is 20.3 Å². The Balaban J connectivity index is 1.41. The number of alkyl carbamates (subject to hydrolysis) is 1. The highest BCUT2D eigenvalue weighted by Crippen LogP contribution is 2.30. The normalized spacial score (nSPS) is 15.9. The third-order valence-electron chi connectivity index (χ3n) is 9.33. The van der Waals surface area contributed by atoms with Crippen LogP contribution in [0, 0.1) is 20.8 Å². The number of hydrogen-bond donors (Lipinski definition) is 5. The number of likely N-dealkylation sites (tertiary alicyclic amines) is 1. The fraction of sp³-hybridized carbons (Fsp3) is 0.462. The Labute approximate surface area is 322 Å². The summed E-state index contributed by atoms with van der Waals surface area (Å²) in [5, 5.41) is 17.2. The minimum absolute atomic E-state index is 0.0333. The topological polar surface area (TPSA) is 219 Å². The smallest absolute Gasteiger partial charge is 0.408 e. The van der Waals surface area contributed by atoms with E-state index in [9.17, 15) is 32.7 Å². The standard InChI is InChI=1S/C39H52N6O9S/c1-23-20-32(53-7)24(2)25(3)33(23)55(51,52)44-37(40)41-18-10-14-29(36(48)49)42-34(46)31-15-11-19-45(31)35(47)30(43-38(50)54-39(4,5)6)22-26-16-17-27-12-8-9-13-28(27)21-26/h8-9,12-13,16-17,20-21,29-31H,10-11,14-15,18-19,22H2,1-7H3,(H,42,46)(H,43,50)(H,48,49)(H3,40,41,44)/t29-,30?,31-/m0/s1. The SMILES string of the molecule is COc1cc(C)c(S(=O)(=O)NC(N)=NCCC[C@H](NC(=O)[C@@H]2CCCN2C(=O)C(Cc2ccc3ccccc3c2)NC(=O)OC(C)(C)C)C(=O)O)c(C)c1C. The number of benzene rings is 3. The molecule has 0 radical (unpaired) electrons. The number of sulfonamides is 1. The minimum atomic E-state index is -4.10. The van der Waals surface area contributed by atoms with E-state index in [4.69, 9.17) is 15.2 Å². The van der Waals surface area contributed by atoms with E-state index in [0.29, 0.717) is 35.3 Å². The number of ether oxygens (including phenoxy) is 2. The molecular weight excluding hydrogens is 729 g/mol. The monoisotopic (exact) mass is 780 g/mol. The number of fused-ring (bicyclic) bond motifs is 1. The number of rotatable bonds is 14. The van der Waals surface area contributed by atoms with Crippen LogP contribution < -0.4 is 25.8 Å². The molecule has 0 spiro atoms. The molecule has 1 aliphatic heterocycles. The summed E-state index contributed by atoms with van der Waals surface area (Å²) in [6.45, 7) is 10.4. The highest BCUT2D eigenvalue weighted by molar-refractivity contribution is 7.90. The van der Waals surface area contributed by atoms with Crippen LogP contribution in [0.3, 0.4) is 0 Å². The van der Waals surface area contributed by atoms with Gasteiger partial charge in [0.25, 0.3) is 10.0 Å². The number of aryl methyl sites for hydroxylation is 1. The molecule has 55 heavy (non-hydrogen) atoms. The third kappa shape index (κ3) is 11.1. The first kappa shape index (κ1) is 42.4. The average molecular weight is 781 g/mol. The van der Waals surface area contributed by atoms with E-state index in [0.717, 1.165) is 16.3 Å². The van der Waals surface area contributed by atoms with Crippen LogP contribution in [-0.2, 0) is 35.6 Å². The van der Waals surface area contributed by atoms with Crippen molar-refractivity contribution in [1.82, 2.24) is 20.3 Å².